The molecule has 10 nitrogen and oxygen atoms in total. The Labute approximate surface area is 200 Å². The Bertz CT molecular complexity index is 1230. The van der Waals surface area contributed by atoms with E-state index in [9.17, 15) is 19.5 Å². The molecule has 2 aromatic carbocycles. The van der Waals surface area contributed by atoms with E-state index in [2.05, 4.69) is 27.9 Å². The van der Waals surface area contributed by atoms with Crippen molar-refractivity contribution < 1.29 is 33.5 Å². The number of amides is 2. The number of hydrogen-bond acceptors (Lipinski definition) is 7. The predicted molar refractivity (Wildman–Crippen MR) is 122 cm³/mol. The average molecular weight is 477 g/mol. The summed E-state index contributed by atoms with van der Waals surface area (Å²) in [4.78, 5) is 36.3. The fraction of sp³-hybridized carbons (Fsp3) is 0.280. The predicted octanol–water partition coefficient (Wildman–Crippen LogP) is 2.69. The Kier molecular flexibility index (Phi) is 6.19. The van der Waals surface area contributed by atoms with Crippen molar-refractivity contribution in [2.75, 3.05) is 13.2 Å². The third-order valence-corrected chi connectivity index (χ3v) is 6.28. The summed E-state index contributed by atoms with van der Waals surface area (Å²) in [5, 5.41) is 18.2. The van der Waals surface area contributed by atoms with Crippen LogP contribution in [-0.4, -0.2) is 53.6 Å². The summed E-state index contributed by atoms with van der Waals surface area (Å²) < 4.78 is 15.5. The molecular weight excluding hydrogens is 454 g/mol. The molecule has 180 valence electrons. The molecule has 3 aromatic rings. The minimum absolute atomic E-state index is 0.0719. The topological polar surface area (TPSA) is 140 Å². The summed E-state index contributed by atoms with van der Waals surface area (Å²) in [5.74, 6) is -1.77. The number of carbonyl (C=O) groups is 3. The molecule has 1 fully saturated rings. The Morgan fingerprint density at radius 3 is 2.43 bits per heavy atom. The van der Waals surface area contributed by atoms with Gasteiger partial charge in [0.15, 0.2) is 6.10 Å². The van der Waals surface area contributed by atoms with Gasteiger partial charge in [-0.15, -0.1) is 0 Å². The van der Waals surface area contributed by atoms with E-state index >= 15 is 0 Å². The lowest BCUT2D eigenvalue weighted by Gasteiger charge is -2.16. The van der Waals surface area contributed by atoms with Crippen LogP contribution < -0.4 is 10.6 Å². The van der Waals surface area contributed by atoms with Crippen LogP contribution in [0.25, 0.3) is 11.1 Å². The molecule has 2 amide bonds. The van der Waals surface area contributed by atoms with Crippen LogP contribution in [0, 0.1) is 0 Å². The van der Waals surface area contributed by atoms with Crippen LogP contribution in [0.2, 0.25) is 0 Å². The second kappa shape index (κ2) is 9.59. The zero-order chi connectivity index (χ0) is 24.4. The fourth-order valence-corrected chi connectivity index (χ4v) is 4.60. The molecule has 0 radical (unpaired) electrons. The van der Waals surface area contributed by atoms with Gasteiger partial charge in [0, 0.05) is 12.5 Å². The van der Waals surface area contributed by atoms with Crippen LogP contribution in [0.5, 0.6) is 0 Å². The summed E-state index contributed by atoms with van der Waals surface area (Å²) in [6, 6.07) is 15.4. The van der Waals surface area contributed by atoms with Crippen molar-refractivity contribution >= 4 is 18.0 Å². The number of rotatable bonds is 7. The van der Waals surface area contributed by atoms with Gasteiger partial charge in [-0.25, -0.2) is 9.59 Å². The van der Waals surface area contributed by atoms with Gasteiger partial charge in [-0.05, 0) is 28.7 Å². The fourth-order valence-electron chi connectivity index (χ4n) is 4.60. The molecular formula is C25H23N3O7. The van der Waals surface area contributed by atoms with Crippen molar-refractivity contribution in [1.82, 2.24) is 15.8 Å². The van der Waals surface area contributed by atoms with Gasteiger partial charge in [0.25, 0.3) is 5.91 Å². The van der Waals surface area contributed by atoms with Crippen LogP contribution in [0.3, 0.4) is 0 Å². The van der Waals surface area contributed by atoms with E-state index in [1.54, 1.807) is 0 Å². The number of aromatic nitrogens is 1. The Balaban J connectivity index is 1.18. The smallest absolute Gasteiger partial charge is 0.407 e. The van der Waals surface area contributed by atoms with Crippen LogP contribution >= 0.6 is 0 Å². The van der Waals surface area contributed by atoms with Gasteiger partial charge in [-0.2, -0.15) is 0 Å². The summed E-state index contributed by atoms with van der Waals surface area (Å²) in [7, 11) is 0. The lowest BCUT2D eigenvalue weighted by molar-refractivity contribution is -0.148. The van der Waals surface area contributed by atoms with Crippen molar-refractivity contribution in [1.29, 1.82) is 0 Å². The van der Waals surface area contributed by atoms with E-state index in [0.717, 1.165) is 28.5 Å². The first-order valence-electron chi connectivity index (χ1n) is 11.2. The summed E-state index contributed by atoms with van der Waals surface area (Å²) in [6.45, 7) is 0.297. The number of fused-ring (bicyclic) bond motifs is 3. The normalized spacial score (nSPS) is 18.5. The molecule has 1 aliphatic carbocycles. The Hall–Kier alpha value is -4.18. The second-order valence-electron chi connectivity index (χ2n) is 8.35. The van der Waals surface area contributed by atoms with Gasteiger partial charge in [0.1, 0.15) is 24.1 Å². The standard InChI is InChI=1S/C25H23N3O7/c29-23(27-20-9-10-33-22(20)24(30)31)19-13-35-28-21(19)11-26-25(32)34-12-18-16-7-3-1-5-14(16)15-6-2-4-8-17(15)18/h1-8,13,18,20,22H,9-12H2,(H,26,32)(H,27,29)(H,30,31). The number of nitrogens with one attached hydrogen (secondary N) is 2. The molecule has 0 saturated carbocycles. The van der Waals surface area contributed by atoms with Crippen LogP contribution in [0.1, 0.15) is 39.5 Å². The zero-order valence-electron chi connectivity index (χ0n) is 18.6. The molecule has 1 saturated heterocycles. The molecule has 2 unspecified atom stereocenters. The molecule has 0 spiro atoms. The quantitative estimate of drug-likeness (QED) is 0.472. The highest BCUT2D eigenvalue weighted by Crippen LogP contribution is 2.44. The average Bonchev–Trinajstić information content (AvgIpc) is 3.59. The maximum Gasteiger partial charge on any atom is 0.407 e. The number of carboxylic acid groups (broad SMARTS) is 1. The first kappa shape index (κ1) is 22.6. The molecule has 0 bridgehead atoms. The highest BCUT2D eigenvalue weighted by molar-refractivity contribution is 5.95. The number of ether oxygens (including phenoxy) is 2. The molecule has 2 atom stereocenters. The van der Waals surface area contributed by atoms with E-state index in [1.165, 1.54) is 0 Å². The van der Waals surface area contributed by atoms with Crippen molar-refractivity contribution in [3.63, 3.8) is 0 Å². The van der Waals surface area contributed by atoms with E-state index in [0.29, 0.717) is 6.42 Å². The van der Waals surface area contributed by atoms with E-state index in [4.69, 9.17) is 14.0 Å². The maximum absolute atomic E-state index is 12.6. The number of carbonyl (C=O) groups excluding carboxylic acids is 2. The molecule has 3 N–H and O–H groups in total. The largest absolute Gasteiger partial charge is 0.479 e. The highest BCUT2D eigenvalue weighted by Gasteiger charge is 2.36. The lowest BCUT2D eigenvalue weighted by atomic mass is 9.98. The maximum atomic E-state index is 12.6. The molecule has 1 aromatic heterocycles. The van der Waals surface area contributed by atoms with Crippen molar-refractivity contribution in [2.24, 2.45) is 0 Å². The van der Waals surface area contributed by atoms with Gasteiger partial charge < -0.3 is 29.7 Å². The molecule has 10 heteroatoms. The molecule has 2 aliphatic rings. The molecule has 2 heterocycles. The van der Waals surface area contributed by atoms with Crippen LogP contribution in [-0.2, 0) is 20.8 Å². The summed E-state index contributed by atoms with van der Waals surface area (Å²) in [5.41, 5.74) is 4.77. The van der Waals surface area contributed by atoms with E-state index in [-0.39, 0.29) is 36.9 Å². The van der Waals surface area contributed by atoms with Crippen LogP contribution in [0.4, 0.5) is 4.79 Å². The lowest BCUT2D eigenvalue weighted by Crippen LogP contribution is -2.44. The number of hydrogen-bond donors (Lipinski definition) is 3. The minimum atomic E-state index is -1.14. The second-order valence-corrected chi connectivity index (χ2v) is 8.35. The SMILES string of the molecule is O=C(NCc1nocc1C(=O)NC1CCOC1C(=O)O)OCC1c2ccccc2-c2ccccc21. The number of aliphatic carboxylic acids is 1. The molecule has 35 heavy (non-hydrogen) atoms. The van der Waals surface area contributed by atoms with E-state index in [1.807, 2.05) is 36.4 Å². The zero-order valence-corrected chi connectivity index (χ0v) is 18.6. The Morgan fingerprint density at radius 2 is 1.74 bits per heavy atom. The number of benzene rings is 2. The molecule has 1 aliphatic heterocycles. The Morgan fingerprint density at radius 1 is 1.06 bits per heavy atom. The van der Waals surface area contributed by atoms with Gasteiger partial charge in [0.2, 0.25) is 0 Å². The molecule has 5 rings (SSSR count). The first-order chi connectivity index (χ1) is 17.0. The minimum Gasteiger partial charge on any atom is -0.479 e. The van der Waals surface area contributed by atoms with Gasteiger partial charge in [0.05, 0.1) is 12.6 Å². The van der Waals surface area contributed by atoms with Gasteiger partial charge >= 0.3 is 12.1 Å². The van der Waals surface area contributed by atoms with E-state index < -0.39 is 30.1 Å². The third-order valence-electron chi connectivity index (χ3n) is 6.28. The highest BCUT2D eigenvalue weighted by atomic mass is 16.5. The number of carboxylic acids is 1. The van der Waals surface area contributed by atoms with Gasteiger partial charge in [-0.1, -0.05) is 53.7 Å². The monoisotopic (exact) mass is 477 g/mol. The summed E-state index contributed by atoms with van der Waals surface area (Å²) >= 11 is 0. The van der Waals surface area contributed by atoms with Crippen molar-refractivity contribution in [3.05, 3.63) is 77.2 Å². The first-order valence-corrected chi connectivity index (χ1v) is 11.2. The summed E-state index contributed by atoms with van der Waals surface area (Å²) in [6.07, 6.45) is -0.241. The van der Waals surface area contributed by atoms with Gasteiger partial charge in [-0.3, -0.25) is 4.79 Å². The van der Waals surface area contributed by atoms with Crippen LogP contribution in [0.15, 0.2) is 59.3 Å². The third kappa shape index (κ3) is 4.47. The number of alkyl carbamates (subject to hydrolysis) is 1. The number of nitrogens with zero attached hydrogens (tertiary/aromatic N) is 1. The van der Waals surface area contributed by atoms with Crippen molar-refractivity contribution in [2.45, 2.75) is 31.0 Å². The van der Waals surface area contributed by atoms with Crippen molar-refractivity contribution in [3.8, 4) is 11.1 Å².